The van der Waals surface area contributed by atoms with E-state index in [0.717, 1.165) is 5.56 Å². The van der Waals surface area contributed by atoms with E-state index < -0.39 is 0 Å². The molecule has 1 aromatic heterocycles. The predicted octanol–water partition coefficient (Wildman–Crippen LogP) is 4.72. The van der Waals surface area contributed by atoms with Crippen LogP contribution in [0, 0.1) is 0 Å². The van der Waals surface area contributed by atoms with Crippen LogP contribution in [0.1, 0.15) is 20.7 Å². The van der Waals surface area contributed by atoms with Crippen molar-refractivity contribution in [1.82, 2.24) is 10.2 Å². The van der Waals surface area contributed by atoms with Crippen LogP contribution in [0.3, 0.4) is 0 Å². The Morgan fingerprint density at radius 3 is 2.26 bits per heavy atom. The van der Waals surface area contributed by atoms with E-state index in [1.54, 1.807) is 55.6 Å². The zero-order valence-corrected chi connectivity index (χ0v) is 17.3. The van der Waals surface area contributed by atoms with E-state index in [1.165, 1.54) is 11.3 Å². The number of nitrogens with zero attached hydrogens (tertiary/aromatic N) is 2. The van der Waals surface area contributed by atoms with Crippen LogP contribution in [-0.2, 0) is 0 Å². The quantitative estimate of drug-likeness (QED) is 0.462. The summed E-state index contributed by atoms with van der Waals surface area (Å²) in [7, 11) is 1.56. The number of para-hydroxylation sites is 1. The number of anilines is 2. The third-order valence-corrected chi connectivity index (χ3v) is 5.33. The number of rotatable bonds is 6. The van der Waals surface area contributed by atoms with Gasteiger partial charge in [0.15, 0.2) is 0 Å². The Bertz CT molecular complexity index is 1210. The standard InChI is InChI=1S/C23H18N4O3S/c1-30-17-13-11-15(12-14-17)20(28)24-19-10-6-5-9-18(19)21(29)25-23-27-26-22(31-23)16-7-3-2-4-8-16/h2-14H,1H3,(H,24,28)(H,25,27,29). The second-order valence-electron chi connectivity index (χ2n) is 6.46. The molecule has 0 unspecified atom stereocenters. The van der Waals surface area contributed by atoms with E-state index in [-0.39, 0.29) is 11.8 Å². The van der Waals surface area contributed by atoms with E-state index >= 15 is 0 Å². The molecule has 7 nitrogen and oxygen atoms in total. The molecule has 2 N–H and O–H groups in total. The summed E-state index contributed by atoms with van der Waals surface area (Å²) in [6.07, 6.45) is 0. The Morgan fingerprint density at radius 1 is 0.806 bits per heavy atom. The Morgan fingerprint density at radius 2 is 1.52 bits per heavy atom. The molecule has 8 heteroatoms. The van der Waals surface area contributed by atoms with Crippen LogP contribution in [0.15, 0.2) is 78.9 Å². The van der Waals surface area contributed by atoms with E-state index in [2.05, 4.69) is 20.8 Å². The zero-order chi connectivity index (χ0) is 21.6. The van der Waals surface area contributed by atoms with Crippen LogP contribution < -0.4 is 15.4 Å². The lowest BCUT2D eigenvalue weighted by molar-refractivity contribution is 0.102. The predicted molar refractivity (Wildman–Crippen MR) is 121 cm³/mol. The summed E-state index contributed by atoms with van der Waals surface area (Å²) in [6, 6.07) is 23.1. The molecule has 4 rings (SSSR count). The SMILES string of the molecule is COc1ccc(C(=O)Nc2ccccc2C(=O)Nc2nnc(-c3ccccc3)s2)cc1. The number of hydrogen-bond donors (Lipinski definition) is 2. The summed E-state index contributed by atoms with van der Waals surface area (Å²) in [4.78, 5) is 25.4. The lowest BCUT2D eigenvalue weighted by Gasteiger charge is -2.10. The number of amides is 2. The molecule has 2 amide bonds. The van der Waals surface area contributed by atoms with E-state index in [1.807, 2.05) is 30.3 Å². The molecule has 31 heavy (non-hydrogen) atoms. The van der Waals surface area contributed by atoms with Gasteiger partial charge in [0.25, 0.3) is 11.8 Å². The Balaban J connectivity index is 1.49. The van der Waals surface area contributed by atoms with Crippen molar-refractivity contribution in [1.29, 1.82) is 0 Å². The summed E-state index contributed by atoms with van der Waals surface area (Å²) in [5, 5.41) is 14.8. The van der Waals surface area contributed by atoms with Gasteiger partial charge in [-0.1, -0.05) is 53.8 Å². The Labute approximate surface area is 182 Å². The van der Waals surface area contributed by atoms with Gasteiger partial charge in [0.1, 0.15) is 10.8 Å². The van der Waals surface area contributed by atoms with Gasteiger partial charge < -0.3 is 10.1 Å². The van der Waals surface area contributed by atoms with Crippen LogP contribution in [0.2, 0.25) is 0 Å². The van der Waals surface area contributed by atoms with Gasteiger partial charge in [-0.05, 0) is 36.4 Å². The molecule has 3 aromatic carbocycles. The van der Waals surface area contributed by atoms with Crippen molar-refractivity contribution in [3.63, 3.8) is 0 Å². The first-order chi connectivity index (χ1) is 15.1. The van der Waals surface area contributed by atoms with E-state index in [9.17, 15) is 9.59 Å². The fraction of sp³-hybridized carbons (Fsp3) is 0.0435. The van der Waals surface area contributed by atoms with Crippen molar-refractivity contribution < 1.29 is 14.3 Å². The van der Waals surface area contributed by atoms with Crippen molar-refractivity contribution in [3.8, 4) is 16.3 Å². The van der Waals surface area contributed by atoms with Gasteiger partial charge in [-0.15, -0.1) is 10.2 Å². The summed E-state index contributed by atoms with van der Waals surface area (Å²) < 4.78 is 5.11. The van der Waals surface area contributed by atoms with Gasteiger partial charge in [-0.25, -0.2) is 0 Å². The van der Waals surface area contributed by atoms with Gasteiger partial charge in [0.05, 0.1) is 18.4 Å². The summed E-state index contributed by atoms with van der Waals surface area (Å²) in [6.45, 7) is 0. The van der Waals surface area contributed by atoms with Crippen LogP contribution in [0.4, 0.5) is 10.8 Å². The molecule has 0 spiro atoms. The summed E-state index contributed by atoms with van der Waals surface area (Å²) in [5.41, 5.74) is 2.09. The lowest BCUT2D eigenvalue weighted by atomic mass is 10.1. The second kappa shape index (κ2) is 9.19. The summed E-state index contributed by atoms with van der Waals surface area (Å²) in [5.74, 6) is -0.0603. The molecule has 0 aliphatic rings. The minimum absolute atomic E-state index is 0.320. The van der Waals surface area contributed by atoms with Crippen molar-refractivity contribution in [2.45, 2.75) is 0 Å². The molecule has 0 saturated heterocycles. The van der Waals surface area contributed by atoms with Gasteiger partial charge in [0.2, 0.25) is 5.13 Å². The molecule has 0 bridgehead atoms. The van der Waals surface area contributed by atoms with E-state index in [0.29, 0.717) is 32.7 Å². The number of carbonyl (C=O) groups excluding carboxylic acids is 2. The molecule has 0 fully saturated rings. The van der Waals surface area contributed by atoms with Crippen LogP contribution >= 0.6 is 11.3 Å². The molecule has 0 radical (unpaired) electrons. The van der Waals surface area contributed by atoms with Crippen LogP contribution in [-0.4, -0.2) is 29.1 Å². The number of carbonyl (C=O) groups is 2. The third kappa shape index (κ3) is 4.76. The number of aromatic nitrogens is 2. The number of ether oxygens (including phenoxy) is 1. The third-order valence-electron chi connectivity index (χ3n) is 4.44. The van der Waals surface area contributed by atoms with Gasteiger partial charge in [0, 0.05) is 11.1 Å². The fourth-order valence-electron chi connectivity index (χ4n) is 2.86. The minimum atomic E-state index is -0.388. The van der Waals surface area contributed by atoms with E-state index in [4.69, 9.17) is 4.74 Å². The zero-order valence-electron chi connectivity index (χ0n) is 16.5. The first-order valence-electron chi connectivity index (χ1n) is 9.39. The summed E-state index contributed by atoms with van der Waals surface area (Å²) >= 11 is 1.28. The van der Waals surface area contributed by atoms with Crippen LogP contribution in [0.5, 0.6) is 5.75 Å². The topological polar surface area (TPSA) is 93.2 Å². The highest BCUT2D eigenvalue weighted by atomic mass is 32.1. The molecule has 0 aliphatic carbocycles. The number of hydrogen-bond acceptors (Lipinski definition) is 6. The smallest absolute Gasteiger partial charge is 0.259 e. The van der Waals surface area contributed by atoms with Crippen molar-refractivity contribution in [3.05, 3.63) is 90.0 Å². The molecular formula is C23H18N4O3S. The number of nitrogens with one attached hydrogen (secondary N) is 2. The first-order valence-corrected chi connectivity index (χ1v) is 10.2. The molecule has 0 atom stereocenters. The highest BCUT2D eigenvalue weighted by Crippen LogP contribution is 2.27. The molecule has 0 saturated carbocycles. The largest absolute Gasteiger partial charge is 0.497 e. The minimum Gasteiger partial charge on any atom is -0.497 e. The second-order valence-corrected chi connectivity index (χ2v) is 7.44. The van der Waals surface area contributed by atoms with Crippen molar-refractivity contribution >= 4 is 34.0 Å². The molecule has 1 heterocycles. The van der Waals surface area contributed by atoms with Crippen molar-refractivity contribution in [2.75, 3.05) is 17.7 Å². The number of benzene rings is 3. The molecule has 154 valence electrons. The maximum Gasteiger partial charge on any atom is 0.259 e. The lowest BCUT2D eigenvalue weighted by Crippen LogP contribution is -2.18. The maximum absolute atomic E-state index is 12.8. The van der Waals surface area contributed by atoms with Gasteiger partial charge in [-0.3, -0.25) is 14.9 Å². The average molecular weight is 430 g/mol. The fourth-order valence-corrected chi connectivity index (χ4v) is 3.61. The van der Waals surface area contributed by atoms with Gasteiger partial charge in [-0.2, -0.15) is 0 Å². The normalized spacial score (nSPS) is 10.4. The average Bonchev–Trinajstić information content (AvgIpc) is 3.28. The highest BCUT2D eigenvalue weighted by Gasteiger charge is 2.16. The molecule has 4 aromatic rings. The van der Waals surface area contributed by atoms with Crippen LogP contribution in [0.25, 0.3) is 10.6 Å². The van der Waals surface area contributed by atoms with Gasteiger partial charge >= 0.3 is 0 Å². The maximum atomic E-state index is 12.8. The first kappa shape index (κ1) is 20.2. The monoisotopic (exact) mass is 430 g/mol. The highest BCUT2D eigenvalue weighted by molar-refractivity contribution is 7.18. The Hall–Kier alpha value is -4.04. The Kier molecular flexibility index (Phi) is 6.00. The van der Waals surface area contributed by atoms with Crippen molar-refractivity contribution in [2.24, 2.45) is 0 Å². The number of methoxy groups -OCH3 is 1. The molecular weight excluding hydrogens is 412 g/mol. The molecule has 0 aliphatic heterocycles.